The van der Waals surface area contributed by atoms with Crippen LogP contribution >= 0.6 is 0 Å². The monoisotopic (exact) mass is 457 g/mol. The van der Waals surface area contributed by atoms with Crippen molar-refractivity contribution in [3.8, 4) is 11.6 Å². The van der Waals surface area contributed by atoms with Crippen molar-refractivity contribution in [2.75, 3.05) is 11.6 Å². The summed E-state index contributed by atoms with van der Waals surface area (Å²) in [7, 11) is 0. The molecule has 2 atom stereocenters. The first-order valence-corrected chi connectivity index (χ1v) is 10.9. The second-order valence-electron chi connectivity index (χ2n) is 8.11. The lowest BCUT2D eigenvalue weighted by Crippen LogP contribution is -2.58. The Labute approximate surface area is 196 Å². The van der Waals surface area contributed by atoms with E-state index < -0.39 is 23.2 Å². The van der Waals surface area contributed by atoms with Crippen LogP contribution in [0.3, 0.4) is 0 Å². The molecule has 1 amide bonds. The van der Waals surface area contributed by atoms with Crippen LogP contribution in [0.15, 0.2) is 65.8 Å². The van der Waals surface area contributed by atoms with E-state index in [9.17, 15) is 9.59 Å². The molecule has 2 aliphatic rings. The first-order chi connectivity index (χ1) is 16.4. The zero-order chi connectivity index (χ0) is 24.0. The number of hydrogen-bond acceptors (Lipinski definition) is 7. The number of hydrogen-bond donors (Lipinski definition) is 1. The van der Waals surface area contributed by atoms with Crippen molar-refractivity contribution in [1.29, 1.82) is 5.41 Å². The van der Waals surface area contributed by atoms with Crippen LogP contribution in [0.2, 0.25) is 0 Å². The smallest absolute Gasteiger partial charge is 0.320 e. The van der Waals surface area contributed by atoms with Crippen LogP contribution in [0.5, 0.6) is 5.88 Å². The van der Waals surface area contributed by atoms with Crippen molar-refractivity contribution in [3.05, 3.63) is 71.9 Å². The summed E-state index contributed by atoms with van der Waals surface area (Å²) in [5, 5.41) is 19.2. The molecule has 0 saturated heterocycles. The zero-order valence-corrected chi connectivity index (χ0v) is 19.0. The van der Waals surface area contributed by atoms with Crippen molar-refractivity contribution >= 4 is 29.2 Å². The van der Waals surface area contributed by atoms with Crippen LogP contribution < -0.4 is 9.75 Å². The summed E-state index contributed by atoms with van der Waals surface area (Å²) in [5.74, 6) is -2.69. The Morgan fingerprint density at radius 2 is 1.71 bits per heavy atom. The fourth-order valence-corrected chi connectivity index (χ4v) is 4.77. The van der Waals surface area contributed by atoms with Gasteiger partial charge in [-0.25, -0.2) is 4.68 Å². The Morgan fingerprint density at radius 1 is 1.09 bits per heavy atom. The molecule has 1 N–H and O–H groups in total. The highest BCUT2D eigenvalue weighted by atomic mass is 16.5. The second kappa shape index (κ2) is 7.95. The van der Waals surface area contributed by atoms with E-state index in [0.29, 0.717) is 28.3 Å². The van der Waals surface area contributed by atoms with Gasteiger partial charge in [-0.3, -0.25) is 15.0 Å². The van der Waals surface area contributed by atoms with Crippen molar-refractivity contribution in [3.63, 3.8) is 0 Å². The van der Waals surface area contributed by atoms with Gasteiger partial charge in [-0.05, 0) is 45.0 Å². The maximum Gasteiger partial charge on any atom is 0.320 e. The predicted octanol–water partition coefficient (Wildman–Crippen LogP) is 3.39. The topological polar surface area (TPSA) is 110 Å². The van der Waals surface area contributed by atoms with Gasteiger partial charge in [0.05, 0.1) is 35.0 Å². The lowest BCUT2D eigenvalue weighted by molar-refractivity contribution is -0.149. The van der Waals surface area contributed by atoms with Crippen molar-refractivity contribution in [2.45, 2.75) is 26.2 Å². The highest BCUT2D eigenvalue weighted by Gasteiger charge is 2.66. The number of benzene rings is 2. The van der Waals surface area contributed by atoms with Crippen molar-refractivity contribution in [1.82, 2.24) is 9.78 Å². The number of nitrogens with one attached hydrogen (secondary N) is 1. The number of hydrazone groups is 1. The largest absolute Gasteiger partial charge is 0.465 e. The predicted molar refractivity (Wildman–Crippen MR) is 125 cm³/mol. The first-order valence-electron chi connectivity index (χ1n) is 10.9. The standard InChI is InChI=1S/C25H23N5O4/c1-4-33-23(31)20-21(26)34-22-19(15(2)27-29(22)17-11-7-5-8-12-17)25(20)16(3)28-30(24(25)32)18-13-9-6-10-14-18/h5-14,20,26H,4H2,1-3H3. The number of para-hydroxylation sites is 2. The van der Waals surface area contributed by atoms with Gasteiger partial charge in [-0.1, -0.05) is 36.4 Å². The van der Waals surface area contributed by atoms with E-state index >= 15 is 0 Å². The van der Waals surface area contributed by atoms with Gasteiger partial charge < -0.3 is 9.47 Å². The number of nitrogens with zero attached hydrogens (tertiary/aromatic N) is 4. The van der Waals surface area contributed by atoms with Gasteiger partial charge in [0.2, 0.25) is 11.8 Å². The van der Waals surface area contributed by atoms with Crippen LogP contribution in [0.1, 0.15) is 25.1 Å². The third-order valence-electron chi connectivity index (χ3n) is 6.19. The summed E-state index contributed by atoms with van der Waals surface area (Å²) in [6, 6.07) is 18.3. The minimum absolute atomic E-state index is 0.0978. The number of aromatic nitrogens is 2. The first kappa shape index (κ1) is 21.6. The Morgan fingerprint density at radius 3 is 2.32 bits per heavy atom. The molecule has 9 nitrogen and oxygen atoms in total. The average molecular weight is 457 g/mol. The van der Waals surface area contributed by atoms with E-state index in [-0.39, 0.29) is 18.4 Å². The van der Waals surface area contributed by atoms with E-state index in [4.69, 9.17) is 14.9 Å². The molecule has 172 valence electrons. The molecular weight excluding hydrogens is 434 g/mol. The lowest BCUT2D eigenvalue weighted by Gasteiger charge is -2.38. The summed E-state index contributed by atoms with van der Waals surface area (Å²) >= 11 is 0. The number of aryl methyl sites for hydroxylation is 1. The lowest BCUT2D eigenvalue weighted by atomic mass is 9.65. The highest BCUT2D eigenvalue weighted by Crippen LogP contribution is 2.51. The molecule has 9 heteroatoms. The van der Waals surface area contributed by atoms with Gasteiger partial charge in [0.15, 0.2) is 5.92 Å². The Bertz CT molecular complexity index is 1330. The van der Waals surface area contributed by atoms with Crippen LogP contribution in [0.25, 0.3) is 5.69 Å². The highest BCUT2D eigenvalue weighted by molar-refractivity contribution is 6.29. The van der Waals surface area contributed by atoms with Gasteiger partial charge in [-0.2, -0.15) is 15.2 Å². The van der Waals surface area contributed by atoms with Crippen LogP contribution in [0, 0.1) is 18.3 Å². The third kappa shape index (κ3) is 2.89. The van der Waals surface area contributed by atoms with Gasteiger partial charge in [-0.15, -0.1) is 0 Å². The molecule has 3 aromatic rings. The van der Waals surface area contributed by atoms with Gasteiger partial charge in [0.25, 0.3) is 5.91 Å². The van der Waals surface area contributed by atoms with E-state index in [1.165, 1.54) is 5.01 Å². The average Bonchev–Trinajstić information content (AvgIpc) is 3.30. The van der Waals surface area contributed by atoms with E-state index in [0.717, 1.165) is 0 Å². The number of anilines is 1. The molecule has 2 aliphatic heterocycles. The molecular formula is C25H23N5O4. The van der Waals surface area contributed by atoms with Crippen molar-refractivity contribution in [2.24, 2.45) is 11.0 Å². The molecule has 0 saturated carbocycles. The normalized spacial score (nSPS) is 21.3. The molecule has 0 bridgehead atoms. The maximum absolute atomic E-state index is 14.2. The number of esters is 1. The minimum atomic E-state index is -1.62. The van der Waals surface area contributed by atoms with Crippen LogP contribution in [-0.4, -0.2) is 39.9 Å². The molecule has 2 aromatic carbocycles. The number of carbonyl (C=O) groups is 2. The second-order valence-corrected chi connectivity index (χ2v) is 8.11. The maximum atomic E-state index is 14.2. The zero-order valence-electron chi connectivity index (χ0n) is 19.0. The summed E-state index contributed by atoms with van der Waals surface area (Å²) < 4.78 is 12.8. The van der Waals surface area contributed by atoms with Gasteiger partial charge >= 0.3 is 5.97 Å². The molecule has 2 unspecified atom stereocenters. The van der Waals surface area contributed by atoms with E-state index in [1.807, 2.05) is 36.4 Å². The number of rotatable bonds is 4. The van der Waals surface area contributed by atoms with E-state index in [1.54, 1.807) is 49.7 Å². The number of carbonyl (C=O) groups excluding carboxylic acids is 2. The minimum Gasteiger partial charge on any atom is -0.465 e. The summed E-state index contributed by atoms with van der Waals surface area (Å²) in [6.07, 6.45) is 0. The summed E-state index contributed by atoms with van der Waals surface area (Å²) in [5.41, 5.74) is 0.908. The number of fused-ring (bicyclic) bond motifs is 2. The Balaban J connectivity index is 1.78. The van der Waals surface area contributed by atoms with Crippen molar-refractivity contribution < 1.29 is 19.1 Å². The molecule has 0 fully saturated rings. The van der Waals surface area contributed by atoms with Crippen LogP contribution in [-0.2, 0) is 19.7 Å². The molecule has 1 aromatic heterocycles. The quantitative estimate of drug-likeness (QED) is 0.604. The molecule has 34 heavy (non-hydrogen) atoms. The molecule has 5 rings (SSSR count). The van der Waals surface area contributed by atoms with Gasteiger partial charge in [0.1, 0.15) is 5.41 Å². The Hall–Kier alpha value is -4.27. The molecule has 0 aliphatic carbocycles. The van der Waals surface area contributed by atoms with E-state index in [2.05, 4.69) is 10.2 Å². The summed E-state index contributed by atoms with van der Waals surface area (Å²) in [6.45, 7) is 5.22. The fraction of sp³-hybridized carbons (Fsp3) is 0.240. The number of ether oxygens (including phenoxy) is 2. The third-order valence-corrected chi connectivity index (χ3v) is 6.19. The van der Waals surface area contributed by atoms with Crippen LogP contribution in [0.4, 0.5) is 5.69 Å². The Kier molecular flexibility index (Phi) is 5.04. The molecule has 3 heterocycles. The fourth-order valence-electron chi connectivity index (χ4n) is 4.77. The molecule has 0 radical (unpaired) electrons. The SMILES string of the molecule is CCOC(=O)C1C(=N)Oc2c(c(C)nn2-c2ccccc2)C12C(=O)N(c1ccccc1)N=C2C. The molecule has 1 spiro atoms. The summed E-state index contributed by atoms with van der Waals surface area (Å²) in [4.78, 5) is 27.4. The number of amides is 1. The van der Waals surface area contributed by atoms with Gasteiger partial charge in [0, 0.05) is 0 Å².